The van der Waals surface area contributed by atoms with Crippen LogP contribution in [0.25, 0.3) is 0 Å². The quantitative estimate of drug-likeness (QED) is 0.868. The van der Waals surface area contributed by atoms with Gasteiger partial charge in [0.25, 0.3) is 0 Å². The van der Waals surface area contributed by atoms with E-state index in [0.29, 0.717) is 25.1 Å². The Balaban J connectivity index is 1.54. The lowest BCUT2D eigenvalue weighted by Crippen LogP contribution is -2.43. The highest BCUT2D eigenvalue weighted by Crippen LogP contribution is 2.22. The second kappa shape index (κ2) is 8.65. The predicted octanol–water partition coefficient (Wildman–Crippen LogP) is 3.38. The fourth-order valence-corrected chi connectivity index (χ4v) is 3.52. The Bertz CT molecular complexity index is 757. The summed E-state index contributed by atoms with van der Waals surface area (Å²) in [5.74, 6) is 0.301. The molecular weight excluding hydrogens is 326 g/mol. The molecule has 4 heteroatoms. The number of hydrogen-bond donors (Lipinski definition) is 1. The van der Waals surface area contributed by atoms with Gasteiger partial charge in [-0.25, -0.2) is 0 Å². The second-order valence-corrected chi connectivity index (χ2v) is 6.94. The summed E-state index contributed by atoms with van der Waals surface area (Å²) in [6.07, 6.45) is 3.16. The van der Waals surface area contributed by atoms with Gasteiger partial charge in [-0.2, -0.15) is 0 Å². The summed E-state index contributed by atoms with van der Waals surface area (Å²) in [5, 5.41) is 9.85. The molecule has 0 radical (unpaired) electrons. The number of aromatic hydroxyl groups is 1. The van der Waals surface area contributed by atoms with E-state index >= 15 is 0 Å². The molecule has 0 spiro atoms. The van der Waals surface area contributed by atoms with Crippen LogP contribution in [0.5, 0.6) is 5.75 Å². The van der Waals surface area contributed by atoms with E-state index in [1.807, 2.05) is 36.4 Å². The summed E-state index contributed by atoms with van der Waals surface area (Å²) in [6.45, 7) is 1.19. The Morgan fingerprint density at radius 3 is 2.54 bits per heavy atom. The average Bonchev–Trinajstić information content (AvgIpc) is 2.69. The number of hydrogen-bond acceptors (Lipinski definition) is 3. The number of benzene rings is 2. The van der Waals surface area contributed by atoms with Crippen molar-refractivity contribution < 1.29 is 14.7 Å². The minimum atomic E-state index is -0.0687. The Morgan fingerprint density at radius 1 is 1.04 bits per heavy atom. The van der Waals surface area contributed by atoms with E-state index in [9.17, 15) is 14.7 Å². The molecule has 136 valence electrons. The number of phenols is 1. The standard InChI is InChI=1S/C22H25NO3/c24-20-11-5-4-9-18(20)15-22(26)23-14-6-10-19(16-23)21(25)13-12-17-7-2-1-3-8-17/h1-5,7-9,11,19,24H,6,10,12-16H2. The molecule has 1 heterocycles. The van der Waals surface area contributed by atoms with Gasteiger partial charge in [0, 0.05) is 31.0 Å². The first kappa shape index (κ1) is 18.2. The number of Topliss-reactive ketones (excluding diaryl/α,β-unsaturated/α-hetero) is 1. The highest BCUT2D eigenvalue weighted by Gasteiger charge is 2.28. The van der Waals surface area contributed by atoms with Crippen LogP contribution in [0.15, 0.2) is 54.6 Å². The first-order valence-electron chi connectivity index (χ1n) is 9.25. The van der Waals surface area contributed by atoms with Gasteiger partial charge in [0.1, 0.15) is 11.5 Å². The number of piperidine rings is 1. The van der Waals surface area contributed by atoms with Gasteiger partial charge in [-0.15, -0.1) is 0 Å². The van der Waals surface area contributed by atoms with Gasteiger partial charge in [-0.05, 0) is 30.9 Å². The third kappa shape index (κ3) is 4.72. The zero-order chi connectivity index (χ0) is 18.4. The van der Waals surface area contributed by atoms with Gasteiger partial charge in [0.15, 0.2) is 0 Å². The maximum absolute atomic E-state index is 12.6. The molecule has 0 aliphatic carbocycles. The molecule has 1 aliphatic heterocycles. The van der Waals surface area contributed by atoms with E-state index in [4.69, 9.17) is 0 Å². The summed E-state index contributed by atoms with van der Waals surface area (Å²) in [7, 11) is 0. The van der Waals surface area contributed by atoms with Crippen molar-refractivity contribution in [1.82, 2.24) is 4.90 Å². The van der Waals surface area contributed by atoms with E-state index in [1.165, 1.54) is 5.56 Å². The summed E-state index contributed by atoms with van der Waals surface area (Å²) in [5.41, 5.74) is 1.80. The van der Waals surface area contributed by atoms with Crippen molar-refractivity contribution in [2.45, 2.75) is 32.1 Å². The number of ketones is 1. The lowest BCUT2D eigenvalue weighted by Gasteiger charge is -2.32. The van der Waals surface area contributed by atoms with Crippen LogP contribution < -0.4 is 0 Å². The van der Waals surface area contributed by atoms with Gasteiger partial charge < -0.3 is 10.0 Å². The monoisotopic (exact) mass is 351 g/mol. The molecular formula is C22H25NO3. The zero-order valence-electron chi connectivity index (χ0n) is 14.9. The van der Waals surface area contributed by atoms with Crippen molar-refractivity contribution >= 4 is 11.7 Å². The van der Waals surface area contributed by atoms with Crippen LogP contribution in [0.2, 0.25) is 0 Å². The topological polar surface area (TPSA) is 57.6 Å². The van der Waals surface area contributed by atoms with Crippen molar-refractivity contribution in [3.8, 4) is 5.75 Å². The molecule has 1 unspecified atom stereocenters. The van der Waals surface area contributed by atoms with Crippen LogP contribution in [0.3, 0.4) is 0 Å². The van der Waals surface area contributed by atoms with Crippen molar-refractivity contribution in [2.24, 2.45) is 5.92 Å². The van der Waals surface area contributed by atoms with Crippen LogP contribution in [0, 0.1) is 5.92 Å². The maximum Gasteiger partial charge on any atom is 0.227 e. The van der Waals surface area contributed by atoms with E-state index < -0.39 is 0 Å². The average molecular weight is 351 g/mol. The van der Waals surface area contributed by atoms with Crippen molar-refractivity contribution in [2.75, 3.05) is 13.1 Å². The zero-order valence-corrected chi connectivity index (χ0v) is 14.9. The van der Waals surface area contributed by atoms with Gasteiger partial charge >= 0.3 is 0 Å². The largest absolute Gasteiger partial charge is 0.508 e. The molecule has 4 nitrogen and oxygen atoms in total. The van der Waals surface area contributed by atoms with Gasteiger partial charge in [0.05, 0.1) is 6.42 Å². The number of rotatable bonds is 6. The van der Waals surface area contributed by atoms with Crippen molar-refractivity contribution in [3.63, 3.8) is 0 Å². The Hall–Kier alpha value is -2.62. The number of carbonyl (C=O) groups excluding carboxylic acids is 2. The minimum absolute atomic E-state index is 0.0212. The molecule has 0 aromatic heterocycles. The second-order valence-electron chi connectivity index (χ2n) is 6.94. The third-order valence-corrected chi connectivity index (χ3v) is 5.07. The third-order valence-electron chi connectivity index (χ3n) is 5.07. The molecule has 1 aliphatic rings. The molecule has 3 rings (SSSR count). The molecule has 2 aromatic carbocycles. The van der Waals surface area contributed by atoms with Crippen molar-refractivity contribution in [1.29, 1.82) is 0 Å². The summed E-state index contributed by atoms with van der Waals surface area (Å²) < 4.78 is 0. The van der Waals surface area contributed by atoms with Gasteiger partial charge in [-0.1, -0.05) is 48.5 Å². The number of amides is 1. The number of nitrogens with zero attached hydrogens (tertiary/aromatic N) is 1. The van der Waals surface area contributed by atoms with E-state index in [2.05, 4.69) is 0 Å². The Labute approximate surface area is 154 Å². The molecule has 1 atom stereocenters. The number of likely N-dealkylation sites (tertiary alicyclic amines) is 1. The van der Waals surface area contributed by atoms with Gasteiger partial charge in [-0.3, -0.25) is 9.59 Å². The smallest absolute Gasteiger partial charge is 0.227 e. The molecule has 0 saturated carbocycles. The molecule has 26 heavy (non-hydrogen) atoms. The number of aryl methyl sites for hydroxylation is 1. The normalized spacial score (nSPS) is 17.1. The maximum atomic E-state index is 12.6. The molecule has 1 saturated heterocycles. The molecule has 2 aromatic rings. The van der Waals surface area contributed by atoms with Crippen LogP contribution >= 0.6 is 0 Å². The highest BCUT2D eigenvalue weighted by atomic mass is 16.3. The highest BCUT2D eigenvalue weighted by molar-refractivity contribution is 5.84. The van der Waals surface area contributed by atoms with E-state index in [1.54, 1.807) is 23.1 Å². The fourth-order valence-electron chi connectivity index (χ4n) is 3.52. The lowest BCUT2D eigenvalue weighted by molar-refractivity contribution is -0.134. The molecule has 0 bridgehead atoms. The van der Waals surface area contributed by atoms with E-state index in [0.717, 1.165) is 19.3 Å². The van der Waals surface area contributed by atoms with Crippen LogP contribution in [-0.4, -0.2) is 34.8 Å². The summed E-state index contributed by atoms with van der Waals surface area (Å²) in [4.78, 5) is 26.9. The molecule has 1 amide bonds. The van der Waals surface area contributed by atoms with Crippen LogP contribution in [0.4, 0.5) is 0 Å². The molecule has 1 fully saturated rings. The SMILES string of the molecule is O=C(CCc1ccccc1)C1CCCN(C(=O)Cc2ccccc2O)C1. The summed E-state index contributed by atoms with van der Waals surface area (Å²) in [6, 6.07) is 16.9. The van der Waals surface area contributed by atoms with E-state index in [-0.39, 0.29) is 29.8 Å². The number of phenolic OH excluding ortho intramolecular Hbond substituents is 1. The number of para-hydroxylation sites is 1. The Morgan fingerprint density at radius 2 is 1.77 bits per heavy atom. The Kier molecular flexibility index (Phi) is 6.05. The van der Waals surface area contributed by atoms with Crippen LogP contribution in [-0.2, 0) is 22.4 Å². The van der Waals surface area contributed by atoms with Crippen molar-refractivity contribution in [3.05, 3.63) is 65.7 Å². The van der Waals surface area contributed by atoms with Crippen LogP contribution in [0.1, 0.15) is 30.4 Å². The first-order valence-corrected chi connectivity index (χ1v) is 9.25. The predicted molar refractivity (Wildman–Crippen MR) is 101 cm³/mol. The number of carbonyl (C=O) groups is 2. The summed E-state index contributed by atoms with van der Waals surface area (Å²) >= 11 is 0. The minimum Gasteiger partial charge on any atom is -0.508 e. The molecule has 1 N–H and O–H groups in total. The van der Waals surface area contributed by atoms with Gasteiger partial charge in [0.2, 0.25) is 5.91 Å². The lowest BCUT2D eigenvalue weighted by atomic mass is 9.90. The fraction of sp³-hybridized carbons (Fsp3) is 0.364. The first-order chi connectivity index (χ1) is 12.6.